The number of aromatic amines is 1. The highest BCUT2D eigenvalue weighted by atomic mass is 16.5. The van der Waals surface area contributed by atoms with Crippen molar-refractivity contribution in [2.75, 3.05) is 7.05 Å². The molecule has 2 aromatic heterocycles. The zero-order valence-corrected chi connectivity index (χ0v) is 11.3. The average molecular weight is 280 g/mol. The molecule has 0 fully saturated rings. The number of aromatic nitrogens is 5. The molecule has 0 aliphatic heterocycles. The summed E-state index contributed by atoms with van der Waals surface area (Å²) in [5.74, 6) is 0.626. The molecule has 3 rings (SSSR count). The van der Waals surface area contributed by atoms with Gasteiger partial charge in [0.05, 0.1) is 0 Å². The van der Waals surface area contributed by atoms with Crippen LogP contribution < -0.4 is 4.74 Å². The van der Waals surface area contributed by atoms with E-state index in [-0.39, 0.29) is 0 Å². The molecule has 0 aliphatic carbocycles. The van der Waals surface area contributed by atoms with Crippen LogP contribution in [0.2, 0.25) is 0 Å². The summed E-state index contributed by atoms with van der Waals surface area (Å²) in [6.45, 7) is 0. The van der Waals surface area contributed by atoms with Crippen molar-refractivity contribution in [3.63, 3.8) is 0 Å². The largest absolute Gasteiger partial charge is 0.424 e. The topological polar surface area (TPSA) is 88.9 Å². The fourth-order valence-electron chi connectivity index (χ4n) is 1.82. The van der Waals surface area contributed by atoms with Crippen molar-refractivity contribution in [1.82, 2.24) is 25.4 Å². The molecule has 7 heteroatoms. The van der Waals surface area contributed by atoms with Crippen LogP contribution in [-0.4, -0.2) is 38.6 Å². The van der Waals surface area contributed by atoms with Crippen LogP contribution in [-0.2, 0) is 0 Å². The Kier molecular flexibility index (Phi) is 3.64. The minimum atomic E-state index is 0.296. The van der Waals surface area contributed by atoms with Crippen LogP contribution in [0.15, 0.2) is 47.7 Å². The lowest BCUT2D eigenvalue weighted by molar-refractivity contribution is 0.442. The van der Waals surface area contributed by atoms with E-state index in [0.717, 1.165) is 11.3 Å². The minimum Gasteiger partial charge on any atom is -0.424 e. The maximum atomic E-state index is 5.60. The van der Waals surface area contributed by atoms with Gasteiger partial charge in [0.2, 0.25) is 0 Å². The third-order valence-electron chi connectivity index (χ3n) is 2.69. The van der Waals surface area contributed by atoms with Gasteiger partial charge in [0.25, 0.3) is 0 Å². The maximum absolute atomic E-state index is 5.60. The molecule has 0 spiro atoms. The smallest absolute Gasteiger partial charge is 0.321 e. The highest BCUT2D eigenvalue weighted by molar-refractivity contribution is 5.86. The van der Waals surface area contributed by atoms with Gasteiger partial charge in [0.1, 0.15) is 17.1 Å². The molecular formula is C14H12N6O. The average Bonchev–Trinajstić information content (AvgIpc) is 2.97. The lowest BCUT2D eigenvalue weighted by atomic mass is 10.1. The number of hydrogen-bond acceptors (Lipinski definition) is 6. The van der Waals surface area contributed by atoms with Gasteiger partial charge in [-0.05, 0) is 18.2 Å². The molecule has 0 saturated heterocycles. The van der Waals surface area contributed by atoms with E-state index >= 15 is 0 Å². The molecule has 0 atom stereocenters. The van der Waals surface area contributed by atoms with Crippen LogP contribution in [0.1, 0.15) is 5.69 Å². The molecular weight excluding hydrogens is 268 g/mol. The van der Waals surface area contributed by atoms with Crippen molar-refractivity contribution in [1.29, 1.82) is 0 Å². The molecule has 0 saturated carbocycles. The maximum Gasteiger partial charge on any atom is 0.321 e. The first-order valence-electron chi connectivity index (χ1n) is 6.25. The van der Waals surface area contributed by atoms with E-state index in [2.05, 4.69) is 30.4 Å². The number of nitrogens with zero attached hydrogens (tertiary/aromatic N) is 5. The number of aliphatic imine (C=N–C) groups is 1. The predicted molar refractivity (Wildman–Crippen MR) is 77.4 cm³/mol. The first kappa shape index (κ1) is 12.9. The standard InChI is InChI=1S/C14H12N6O/c1-15-9-12-13(19-20-18-12)10-4-2-5-11(8-10)21-14-16-6-3-7-17-14/h2-9H,1H3,(H,18,19,20)/b15-9+. The summed E-state index contributed by atoms with van der Waals surface area (Å²) in [6, 6.07) is 9.49. The summed E-state index contributed by atoms with van der Waals surface area (Å²) in [5, 5.41) is 10.7. The Hall–Kier alpha value is -3.09. The van der Waals surface area contributed by atoms with Gasteiger partial charge < -0.3 is 4.74 Å². The molecule has 104 valence electrons. The Morgan fingerprint density at radius 1 is 1.19 bits per heavy atom. The zero-order chi connectivity index (χ0) is 14.5. The van der Waals surface area contributed by atoms with Gasteiger partial charge in [0, 0.05) is 31.2 Å². The van der Waals surface area contributed by atoms with E-state index in [4.69, 9.17) is 4.74 Å². The molecule has 0 bridgehead atoms. The Bertz CT molecular complexity index is 753. The van der Waals surface area contributed by atoms with Crippen molar-refractivity contribution in [3.8, 4) is 23.0 Å². The first-order valence-corrected chi connectivity index (χ1v) is 6.25. The van der Waals surface area contributed by atoms with E-state index in [1.165, 1.54) is 0 Å². The third kappa shape index (κ3) is 2.92. The van der Waals surface area contributed by atoms with E-state index in [0.29, 0.717) is 17.5 Å². The van der Waals surface area contributed by atoms with Crippen molar-refractivity contribution in [3.05, 3.63) is 48.4 Å². The summed E-state index contributed by atoms with van der Waals surface area (Å²) < 4.78 is 5.60. The van der Waals surface area contributed by atoms with Crippen LogP contribution in [0.5, 0.6) is 11.8 Å². The van der Waals surface area contributed by atoms with E-state index < -0.39 is 0 Å². The monoisotopic (exact) mass is 280 g/mol. The van der Waals surface area contributed by atoms with E-state index in [1.807, 2.05) is 24.3 Å². The van der Waals surface area contributed by atoms with Crippen LogP contribution in [0.3, 0.4) is 0 Å². The van der Waals surface area contributed by atoms with Crippen molar-refractivity contribution in [2.24, 2.45) is 4.99 Å². The van der Waals surface area contributed by atoms with Crippen molar-refractivity contribution < 1.29 is 4.74 Å². The van der Waals surface area contributed by atoms with Gasteiger partial charge in [-0.15, -0.1) is 5.10 Å². The zero-order valence-electron chi connectivity index (χ0n) is 11.3. The Morgan fingerprint density at radius 2 is 2.05 bits per heavy atom. The summed E-state index contributed by atoms with van der Waals surface area (Å²) in [6.07, 6.45) is 4.92. The van der Waals surface area contributed by atoms with Gasteiger partial charge in [-0.3, -0.25) is 10.1 Å². The highest BCUT2D eigenvalue weighted by Gasteiger charge is 2.09. The molecule has 1 N–H and O–H groups in total. The number of H-pyrrole nitrogens is 1. The number of ether oxygens (including phenoxy) is 1. The molecule has 7 nitrogen and oxygen atoms in total. The van der Waals surface area contributed by atoms with E-state index in [1.54, 1.807) is 31.7 Å². The Balaban J connectivity index is 1.91. The predicted octanol–water partition coefficient (Wildman–Crippen LogP) is 2.10. The number of benzene rings is 1. The van der Waals surface area contributed by atoms with Crippen LogP contribution >= 0.6 is 0 Å². The second-order valence-corrected chi connectivity index (χ2v) is 4.12. The second-order valence-electron chi connectivity index (χ2n) is 4.12. The van der Waals surface area contributed by atoms with Gasteiger partial charge >= 0.3 is 6.01 Å². The van der Waals surface area contributed by atoms with Crippen molar-refractivity contribution in [2.45, 2.75) is 0 Å². The third-order valence-corrected chi connectivity index (χ3v) is 2.69. The molecule has 1 aromatic carbocycles. The second kappa shape index (κ2) is 5.91. The van der Waals surface area contributed by atoms with Gasteiger partial charge in [-0.1, -0.05) is 17.3 Å². The number of hydrogen-bond donors (Lipinski definition) is 1. The summed E-state index contributed by atoms with van der Waals surface area (Å²) >= 11 is 0. The molecule has 0 radical (unpaired) electrons. The molecule has 0 aliphatic rings. The molecule has 0 amide bonds. The van der Waals surface area contributed by atoms with Crippen LogP contribution in [0.4, 0.5) is 0 Å². The number of nitrogens with one attached hydrogen (secondary N) is 1. The first-order chi connectivity index (χ1) is 10.4. The molecule has 2 heterocycles. The van der Waals surface area contributed by atoms with Gasteiger partial charge in [-0.2, -0.15) is 0 Å². The van der Waals surface area contributed by atoms with Gasteiger partial charge in [0.15, 0.2) is 0 Å². The fourth-order valence-corrected chi connectivity index (χ4v) is 1.82. The minimum absolute atomic E-state index is 0.296. The summed E-state index contributed by atoms with van der Waals surface area (Å²) in [4.78, 5) is 12.0. The number of rotatable bonds is 4. The normalized spacial score (nSPS) is 10.9. The summed E-state index contributed by atoms with van der Waals surface area (Å²) in [7, 11) is 1.69. The van der Waals surface area contributed by atoms with Crippen LogP contribution in [0, 0.1) is 0 Å². The molecule has 21 heavy (non-hydrogen) atoms. The fraction of sp³-hybridized carbons (Fsp3) is 0.0714. The molecule has 0 unspecified atom stereocenters. The lowest BCUT2D eigenvalue weighted by Crippen LogP contribution is -1.91. The lowest BCUT2D eigenvalue weighted by Gasteiger charge is -2.04. The summed E-state index contributed by atoms with van der Waals surface area (Å²) in [5.41, 5.74) is 2.32. The Morgan fingerprint density at radius 3 is 2.86 bits per heavy atom. The quantitative estimate of drug-likeness (QED) is 0.739. The van der Waals surface area contributed by atoms with Gasteiger partial charge in [-0.25, -0.2) is 9.97 Å². The van der Waals surface area contributed by atoms with Crippen LogP contribution in [0.25, 0.3) is 11.3 Å². The van der Waals surface area contributed by atoms with E-state index in [9.17, 15) is 0 Å². The molecule has 3 aromatic rings. The highest BCUT2D eigenvalue weighted by Crippen LogP contribution is 2.25. The SMILES string of the molecule is C/N=C/c1[nH]nnc1-c1cccc(Oc2ncccn2)c1. The Labute approximate surface area is 120 Å². The van der Waals surface area contributed by atoms with Crippen molar-refractivity contribution >= 4 is 6.21 Å².